The van der Waals surface area contributed by atoms with Gasteiger partial charge < -0.3 is 13.9 Å². The maximum atomic E-state index is 13.2. The number of nitrogens with zero attached hydrogens (tertiary/aromatic N) is 3. The predicted molar refractivity (Wildman–Crippen MR) is 133 cm³/mol. The molecule has 186 valence electrons. The standard InChI is InChI=1S/C27H21N3O7/c1-35-21-10-8-18(9-11-21)23-15-22(20-7-6-17-4-2-3-5-19(17)14-20)28-29(23)25(31)16-36-27(32)24-12-13-26(37-24)30(33)34/h2-14,23H,15-16H2,1H3. The van der Waals surface area contributed by atoms with E-state index >= 15 is 0 Å². The van der Waals surface area contributed by atoms with Gasteiger partial charge in [0.1, 0.15) is 10.7 Å². The van der Waals surface area contributed by atoms with Gasteiger partial charge in [0.2, 0.25) is 5.76 Å². The molecule has 0 spiro atoms. The summed E-state index contributed by atoms with van der Waals surface area (Å²) >= 11 is 0. The van der Waals surface area contributed by atoms with Crippen LogP contribution in [0, 0.1) is 10.1 Å². The number of esters is 1. The van der Waals surface area contributed by atoms with E-state index in [9.17, 15) is 19.7 Å². The van der Waals surface area contributed by atoms with Crippen molar-refractivity contribution in [1.29, 1.82) is 0 Å². The van der Waals surface area contributed by atoms with Crippen LogP contribution in [0.3, 0.4) is 0 Å². The van der Waals surface area contributed by atoms with E-state index in [0.29, 0.717) is 17.9 Å². The second kappa shape index (κ2) is 9.94. The lowest BCUT2D eigenvalue weighted by Gasteiger charge is -2.22. The van der Waals surface area contributed by atoms with Crippen molar-refractivity contribution in [3.05, 3.63) is 106 Å². The lowest BCUT2D eigenvalue weighted by Crippen LogP contribution is -2.31. The summed E-state index contributed by atoms with van der Waals surface area (Å²) in [4.78, 5) is 35.5. The molecule has 2 heterocycles. The van der Waals surface area contributed by atoms with Crippen molar-refractivity contribution >= 4 is 34.2 Å². The summed E-state index contributed by atoms with van der Waals surface area (Å²) in [7, 11) is 1.57. The van der Waals surface area contributed by atoms with Crippen LogP contribution in [0.4, 0.5) is 5.88 Å². The summed E-state index contributed by atoms with van der Waals surface area (Å²) in [5.41, 5.74) is 2.43. The normalized spacial score (nSPS) is 14.9. The molecule has 37 heavy (non-hydrogen) atoms. The molecule has 5 rings (SSSR count). The van der Waals surface area contributed by atoms with Gasteiger partial charge in [-0.2, -0.15) is 5.10 Å². The Morgan fingerprint density at radius 3 is 2.51 bits per heavy atom. The molecule has 3 aromatic carbocycles. The minimum absolute atomic E-state index is 0.368. The maximum Gasteiger partial charge on any atom is 0.433 e. The lowest BCUT2D eigenvalue weighted by molar-refractivity contribution is -0.402. The van der Waals surface area contributed by atoms with E-state index in [1.807, 2.05) is 54.6 Å². The number of furan rings is 1. The fourth-order valence-corrected chi connectivity index (χ4v) is 4.17. The maximum absolute atomic E-state index is 13.2. The van der Waals surface area contributed by atoms with Gasteiger partial charge >= 0.3 is 11.9 Å². The largest absolute Gasteiger partial charge is 0.497 e. The molecule has 4 aromatic rings. The van der Waals surface area contributed by atoms with E-state index in [-0.39, 0.29) is 5.76 Å². The number of hydrogen-bond donors (Lipinski definition) is 0. The monoisotopic (exact) mass is 499 g/mol. The number of ether oxygens (including phenoxy) is 2. The van der Waals surface area contributed by atoms with Crippen molar-refractivity contribution in [3.8, 4) is 5.75 Å². The molecule has 0 saturated heterocycles. The highest BCUT2D eigenvalue weighted by molar-refractivity contribution is 6.05. The van der Waals surface area contributed by atoms with E-state index in [2.05, 4.69) is 5.10 Å². The Kier molecular flexibility index (Phi) is 6.38. The number of carbonyl (C=O) groups excluding carboxylic acids is 2. The zero-order valence-electron chi connectivity index (χ0n) is 19.7. The molecule has 0 saturated carbocycles. The number of carbonyl (C=O) groups is 2. The Morgan fingerprint density at radius 2 is 1.81 bits per heavy atom. The molecule has 0 fully saturated rings. The summed E-state index contributed by atoms with van der Waals surface area (Å²) < 4.78 is 15.2. The van der Waals surface area contributed by atoms with Crippen molar-refractivity contribution in [2.24, 2.45) is 5.10 Å². The minimum atomic E-state index is -0.986. The quantitative estimate of drug-likeness (QED) is 0.201. The smallest absolute Gasteiger partial charge is 0.433 e. The number of hydrogen-bond acceptors (Lipinski definition) is 8. The van der Waals surface area contributed by atoms with E-state index < -0.39 is 35.3 Å². The van der Waals surface area contributed by atoms with Gasteiger partial charge in [0.25, 0.3) is 5.91 Å². The van der Waals surface area contributed by atoms with Gasteiger partial charge in [0, 0.05) is 6.42 Å². The van der Waals surface area contributed by atoms with Crippen LogP contribution in [-0.4, -0.2) is 41.2 Å². The molecule has 1 atom stereocenters. The number of rotatable bonds is 7. The van der Waals surface area contributed by atoms with Crippen molar-refractivity contribution < 1.29 is 28.4 Å². The average molecular weight is 499 g/mol. The Hall–Kier alpha value is -4.99. The van der Waals surface area contributed by atoms with Gasteiger partial charge in [0.15, 0.2) is 6.61 Å². The minimum Gasteiger partial charge on any atom is -0.497 e. The van der Waals surface area contributed by atoms with Crippen LogP contribution in [0.15, 0.2) is 88.4 Å². The number of hydrazone groups is 1. The van der Waals surface area contributed by atoms with Crippen molar-refractivity contribution in [2.75, 3.05) is 13.7 Å². The highest BCUT2D eigenvalue weighted by Crippen LogP contribution is 2.34. The summed E-state index contributed by atoms with van der Waals surface area (Å²) in [5, 5.41) is 18.8. The van der Waals surface area contributed by atoms with Crippen molar-refractivity contribution in [2.45, 2.75) is 12.5 Å². The van der Waals surface area contributed by atoms with Gasteiger partial charge in [-0.05, 0) is 46.2 Å². The second-order valence-corrected chi connectivity index (χ2v) is 8.31. The fourth-order valence-electron chi connectivity index (χ4n) is 4.17. The summed E-state index contributed by atoms with van der Waals surface area (Å²) in [6.45, 7) is -0.617. The van der Waals surface area contributed by atoms with Crippen LogP contribution in [0.2, 0.25) is 0 Å². The molecule has 1 unspecified atom stereocenters. The molecule has 1 aliphatic rings. The third kappa shape index (κ3) is 4.90. The molecule has 0 aliphatic carbocycles. The van der Waals surface area contributed by atoms with Crippen LogP contribution >= 0.6 is 0 Å². The van der Waals surface area contributed by atoms with E-state index in [0.717, 1.165) is 34.0 Å². The van der Waals surface area contributed by atoms with Gasteiger partial charge in [-0.25, -0.2) is 9.80 Å². The van der Waals surface area contributed by atoms with Crippen LogP contribution in [0.5, 0.6) is 5.75 Å². The Labute approximate surface area is 210 Å². The molecule has 0 bridgehead atoms. The molecule has 0 N–H and O–H groups in total. The summed E-state index contributed by atoms with van der Waals surface area (Å²) in [6, 6.07) is 23.0. The molecular weight excluding hydrogens is 478 g/mol. The van der Waals surface area contributed by atoms with Crippen LogP contribution < -0.4 is 4.74 Å². The van der Waals surface area contributed by atoms with E-state index in [1.165, 1.54) is 5.01 Å². The molecule has 1 amide bonds. The van der Waals surface area contributed by atoms with Gasteiger partial charge in [-0.3, -0.25) is 14.9 Å². The SMILES string of the molecule is COc1ccc(C2CC(c3ccc4ccccc4c3)=NN2C(=O)COC(=O)c2ccc([N+](=O)[O-])o2)cc1. The summed E-state index contributed by atoms with van der Waals surface area (Å²) in [6.07, 6.45) is 0.453. The highest BCUT2D eigenvalue weighted by Gasteiger charge is 2.34. The van der Waals surface area contributed by atoms with E-state index in [1.54, 1.807) is 19.2 Å². The molecule has 1 aromatic heterocycles. The first-order chi connectivity index (χ1) is 17.9. The number of amides is 1. The molecule has 1 aliphatic heterocycles. The Morgan fingerprint density at radius 1 is 1.05 bits per heavy atom. The molecule has 0 radical (unpaired) electrons. The number of benzene rings is 3. The second-order valence-electron chi connectivity index (χ2n) is 8.31. The number of fused-ring (bicyclic) bond motifs is 1. The van der Waals surface area contributed by atoms with Crippen LogP contribution in [-0.2, 0) is 9.53 Å². The first kappa shape index (κ1) is 23.7. The first-order valence-corrected chi connectivity index (χ1v) is 11.4. The average Bonchev–Trinajstić information content (AvgIpc) is 3.60. The Balaban J connectivity index is 1.39. The van der Waals surface area contributed by atoms with Crippen LogP contribution in [0.25, 0.3) is 10.8 Å². The molecule has 10 heteroatoms. The molecule has 10 nitrogen and oxygen atoms in total. The third-order valence-electron chi connectivity index (χ3n) is 6.05. The van der Waals surface area contributed by atoms with Crippen molar-refractivity contribution in [1.82, 2.24) is 5.01 Å². The zero-order valence-corrected chi connectivity index (χ0v) is 19.7. The number of methoxy groups -OCH3 is 1. The van der Waals surface area contributed by atoms with E-state index in [4.69, 9.17) is 13.9 Å². The summed E-state index contributed by atoms with van der Waals surface area (Å²) in [5.74, 6) is -1.82. The fraction of sp³-hybridized carbons (Fsp3) is 0.148. The highest BCUT2D eigenvalue weighted by atomic mass is 16.7. The van der Waals surface area contributed by atoms with Crippen LogP contribution in [0.1, 0.15) is 34.1 Å². The Bertz CT molecular complexity index is 1520. The van der Waals surface area contributed by atoms with Gasteiger partial charge in [-0.15, -0.1) is 0 Å². The van der Waals surface area contributed by atoms with Crippen molar-refractivity contribution in [3.63, 3.8) is 0 Å². The predicted octanol–water partition coefficient (Wildman–Crippen LogP) is 4.88. The number of nitro groups is 1. The first-order valence-electron chi connectivity index (χ1n) is 11.4. The van der Waals surface area contributed by atoms with Gasteiger partial charge in [0.05, 0.1) is 24.9 Å². The topological polar surface area (TPSA) is 124 Å². The van der Waals surface area contributed by atoms with Gasteiger partial charge in [-0.1, -0.05) is 48.5 Å². The third-order valence-corrected chi connectivity index (χ3v) is 6.05. The zero-order chi connectivity index (χ0) is 25.9. The molecular formula is C27H21N3O7. The lowest BCUT2D eigenvalue weighted by atomic mass is 9.97.